The van der Waals surface area contributed by atoms with Gasteiger partial charge in [-0.15, -0.1) is 0 Å². The number of rotatable bonds is 0. The number of fused-ring (bicyclic) bond motifs is 1. The van der Waals surface area contributed by atoms with Crippen molar-refractivity contribution in [3.63, 3.8) is 0 Å². The predicted octanol–water partition coefficient (Wildman–Crippen LogP) is 3.01. The summed E-state index contributed by atoms with van der Waals surface area (Å²) in [7, 11) is 0. The van der Waals surface area contributed by atoms with E-state index in [0.717, 1.165) is 15.8 Å². The zero-order valence-electron chi connectivity index (χ0n) is 6.38. The third-order valence-corrected chi connectivity index (χ3v) is 2.77. The van der Waals surface area contributed by atoms with E-state index in [9.17, 15) is 0 Å². The molecule has 2 aromatic heterocycles. The van der Waals surface area contributed by atoms with Gasteiger partial charge in [0.25, 0.3) is 0 Å². The Morgan fingerprint density at radius 2 is 2.25 bits per heavy atom. The second-order valence-corrected chi connectivity index (χ2v) is 4.72. The van der Waals surface area contributed by atoms with E-state index in [1.807, 2.05) is 17.5 Å². The van der Waals surface area contributed by atoms with Gasteiger partial charge >= 0.3 is 0 Å². The summed E-state index contributed by atoms with van der Waals surface area (Å²) < 4.78 is 4.27. The van der Waals surface area contributed by atoms with Gasteiger partial charge in [0.15, 0.2) is 5.65 Å². The minimum atomic E-state index is 0.980. The van der Waals surface area contributed by atoms with Crippen molar-refractivity contribution in [2.75, 3.05) is 0 Å². The van der Waals surface area contributed by atoms with Gasteiger partial charge in [0.1, 0.15) is 0 Å². The fourth-order valence-electron chi connectivity index (χ4n) is 1.15. The summed E-state index contributed by atoms with van der Waals surface area (Å²) >= 11 is 5.76. The lowest BCUT2D eigenvalue weighted by Gasteiger charge is -1.96. The zero-order chi connectivity index (χ0) is 8.72. The first kappa shape index (κ1) is 8.50. The number of aromatic nitrogens is 2. The van der Waals surface area contributed by atoms with Gasteiger partial charge in [-0.05, 0) is 51.5 Å². The maximum absolute atomic E-state index is 4.37. The molecule has 2 rings (SSSR count). The van der Waals surface area contributed by atoms with Crippen LogP contribution >= 0.6 is 38.5 Å². The monoisotopic (exact) mass is 336 g/mol. The van der Waals surface area contributed by atoms with E-state index < -0.39 is 0 Å². The molecule has 0 amide bonds. The van der Waals surface area contributed by atoms with Crippen LogP contribution in [-0.2, 0) is 0 Å². The van der Waals surface area contributed by atoms with E-state index >= 15 is 0 Å². The molecule has 0 fully saturated rings. The molecule has 62 valence electrons. The second kappa shape index (κ2) is 2.99. The van der Waals surface area contributed by atoms with Crippen LogP contribution in [0.2, 0.25) is 0 Å². The Morgan fingerprint density at radius 1 is 1.50 bits per heavy atom. The van der Waals surface area contributed by atoms with Gasteiger partial charge in [-0.25, -0.2) is 4.98 Å². The number of hydrogen-bond acceptors (Lipinski definition) is 1. The maximum atomic E-state index is 4.37. The van der Waals surface area contributed by atoms with Crippen LogP contribution < -0.4 is 0 Å². The van der Waals surface area contributed by atoms with Crippen molar-refractivity contribution in [1.29, 1.82) is 0 Å². The van der Waals surface area contributed by atoms with Crippen molar-refractivity contribution >= 4 is 44.2 Å². The predicted molar refractivity (Wildman–Crippen MR) is 60.3 cm³/mol. The molecule has 4 heteroatoms. The molecule has 0 aromatic carbocycles. The van der Waals surface area contributed by atoms with Crippen LogP contribution in [0.25, 0.3) is 5.65 Å². The van der Waals surface area contributed by atoms with Gasteiger partial charge in [0.05, 0.1) is 10.2 Å². The highest BCUT2D eigenvalue weighted by molar-refractivity contribution is 14.1. The summed E-state index contributed by atoms with van der Waals surface area (Å²) in [4.78, 5) is 4.37. The van der Waals surface area contributed by atoms with Crippen molar-refractivity contribution in [3.05, 3.63) is 32.2 Å². The normalized spacial score (nSPS) is 10.9. The standard InChI is InChI=1S/C8H6BrIN2/c1-5-3-12-4-6(10)2-7(9)8(12)11-5/h2-4H,1H3. The van der Waals surface area contributed by atoms with Crippen LogP contribution in [0.3, 0.4) is 0 Å². The third-order valence-electron chi connectivity index (χ3n) is 1.59. The Hall–Kier alpha value is -0.100. The SMILES string of the molecule is Cc1cn2cc(I)cc(Br)c2n1. The highest BCUT2D eigenvalue weighted by atomic mass is 127. The molecule has 0 saturated heterocycles. The topological polar surface area (TPSA) is 17.3 Å². The summed E-state index contributed by atoms with van der Waals surface area (Å²) in [6.07, 6.45) is 4.07. The number of hydrogen-bond donors (Lipinski definition) is 0. The molecule has 0 atom stereocenters. The van der Waals surface area contributed by atoms with Crippen molar-refractivity contribution in [3.8, 4) is 0 Å². The third kappa shape index (κ3) is 1.37. The van der Waals surface area contributed by atoms with Crippen LogP contribution in [0.15, 0.2) is 22.9 Å². The Balaban J connectivity index is 2.88. The molecule has 2 aromatic rings. The molecular weight excluding hydrogens is 331 g/mol. The molecule has 2 nitrogen and oxygen atoms in total. The quantitative estimate of drug-likeness (QED) is 0.676. The first-order valence-electron chi connectivity index (χ1n) is 3.47. The highest BCUT2D eigenvalue weighted by Gasteiger charge is 2.02. The average Bonchev–Trinajstić information content (AvgIpc) is 2.29. The van der Waals surface area contributed by atoms with Crippen molar-refractivity contribution in [2.24, 2.45) is 0 Å². The first-order valence-corrected chi connectivity index (χ1v) is 5.34. The van der Waals surface area contributed by atoms with Crippen LogP contribution in [-0.4, -0.2) is 9.38 Å². The number of imidazole rings is 1. The van der Waals surface area contributed by atoms with E-state index in [1.54, 1.807) is 0 Å². The van der Waals surface area contributed by atoms with Gasteiger partial charge in [-0.2, -0.15) is 0 Å². The lowest BCUT2D eigenvalue weighted by atomic mass is 10.5. The molecule has 0 bridgehead atoms. The molecule has 0 unspecified atom stereocenters. The number of pyridine rings is 1. The van der Waals surface area contributed by atoms with Crippen LogP contribution in [0.5, 0.6) is 0 Å². The fourth-order valence-corrected chi connectivity index (χ4v) is 2.73. The Labute approximate surface area is 92.3 Å². The molecule has 0 aliphatic carbocycles. The molecular formula is C8H6BrIN2. The summed E-state index contributed by atoms with van der Waals surface area (Å²) in [6, 6.07) is 2.06. The Kier molecular flexibility index (Phi) is 2.12. The van der Waals surface area contributed by atoms with E-state index in [4.69, 9.17) is 0 Å². The molecule has 0 aliphatic rings. The van der Waals surface area contributed by atoms with Gasteiger partial charge in [0, 0.05) is 16.0 Å². The van der Waals surface area contributed by atoms with E-state index in [0.29, 0.717) is 0 Å². The number of halogens is 2. The van der Waals surface area contributed by atoms with Gasteiger partial charge in [-0.3, -0.25) is 0 Å². The lowest BCUT2D eigenvalue weighted by Crippen LogP contribution is -1.85. The molecule has 0 N–H and O–H groups in total. The lowest BCUT2D eigenvalue weighted by molar-refractivity contribution is 1.16. The Bertz CT molecular complexity index is 436. The van der Waals surface area contributed by atoms with E-state index in [1.165, 1.54) is 3.57 Å². The van der Waals surface area contributed by atoms with Crippen molar-refractivity contribution < 1.29 is 0 Å². The second-order valence-electron chi connectivity index (χ2n) is 2.62. The van der Waals surface area contributed by atoms with E-state index in [2.05, 4.69) is 55.8 Å². The zero-order valence-corrected chi connectivity index (χ0v) is 10.1. The van der Waals surface area contributed by atoms with Crippen LogP contribution in [0.1, 0.15) is 5.69 Å². The van der Waals surface area contributed by atoms with Crippen molar-refractivity contribution in [1.82, 2.24) is 9.38 Å². The largest absolute Gasteiger partial charge is 0.305 e. The van der Waals surface area contributed by atoms with E-state index in [-0.39, 0.29) is 0 Å². The molecule has 0 radical (unpaired) electrons. The highest BCUT2D eigenvalue weighted by Crippen LogP contribution is 2.20. The maximum Gasteiger partial charge on any atom is 0.151 e. The van der Waals surface area contributed by atoms with Gasteiger partial charge in [-0.1, -0.05) is 0 Å². The van der Waals surface area contributed by atoms with Gasteiger partial charge < -0.3 is 4.40 Å². The molecule has 12 heavy (non-hydrogen) atoms. The fraction of sp³-hybridized carbons (Fsp3) is 0.125. The first-order chi connectivity index (χ1) is 5.66. The summed E-state index contributed by atoms with van der Waals surface area (Å²) in [5.41, 5.74) is 2.02. The molecule has 2 heterocycles. The van der Waals surface area contributed by atoms with Crippen LogP contribution in [0, 0.1) is 10.5 Å². The number of aryl methyl sites for hydroxylation is 1. The molecule has 0 spiro atoms. The molecule has 0 saturated carbocycles. The number of nitrogens with zero attached hydrogens (tertiary/aromatic N) is 2. The average molecular weight is 337 g/mol. The smallest absolute Gasteiger partial charge is 0.151 e. The summed E-state index contributed by atoms with van der Waals surface area (Å²) in [6.45, 7) is 1.99. The summed E-state index contributed by atoms with van der Waals surface area (Å²) in [5, 5.41) is 0. The van der Waals surface area contributed by atoms with Gasteiger partial charge in [0.2, 0.25) is 0 Å². The molecule has 0 aliphatic heterocycles. The minimum Gasteiger partial charge on any atom is -0.305 e. The minimum absolute atomic E-state index is 0.980. The Morgan fingerprint density at radius 3 is 3.00 bits per heavy atom. The van der Waals surface area contributed by atoms with Crippen LogP contribution in [0.4, 0.5) is 0 Å². The van der Waals surface area contributed by atoms with Crippen molar-refractivity contribution in [2.45, 2.75) is 6.92 Å². The summed E-state index contributed by atoms with van der Waals surface area (Å²) in [5.74, 6) is 0.